The van der Waals surface area contributed by atoms with Crippen molar-refractivity contribution in [1.82, 2.24) is 10.2 Å². The van der Waals surface area contributed by atoms with Crippen molar-refractivity contribution in [3.8, 4) is 0 Å². The SMILES string of the molecule is CCC(CCOC)NC(CC)C1=C(/N=C(\N)N2CCC(OC)CC2)CC[S+]1[O-]. The fraction of sp³-hybridized carbons (Fsp3) is 0.850. The van der Waals surface area contributed by atoms with Gasteiger partial charge in [0.1, 0.15) is 11.4 Å². The Balaban J connectivity index is 2.12. The Hall–Kier alpha value is -0.800. The van der Waals surface area contributed by atoms with Crippen LogP contribution in [-0.2, 0) is 20.6 Å². The molecular formula is C20H38N4O3S. The first-order valence-corrected chi connectivity index (χ1v) is 11.8. The molecule has 0 bridgehead atoms. The van der Waals surface area contributed by atoms with Gasteiger partial charge < -0.3 is 30.0 Å². The van der Waals surface area contributed by atoms with Crippen LogP contribution in [0.15, 0.2) is 15.6 Å². The molecule has 28 heavy (non-hydrogen) atoms. The van der Waals surface area contributed by atoms with Crippen molar-refractivity contribution in [2.24, 2.45) is 10.7 Å². The van der Waals surface area contributed by atoms with E-state index in [1.807, 2.05) is 0 Å². The third kappa shape index (κ3) is 6.35. The first kappa shape index (κ1) is 23.5. The Labute approximate surface area is 173 Å². The second-order valence-electron chi connectivity index (χ2n) is 7.52. The Morgan fingerprint density at radius 3 is 2.61 bits per heavy atom. The zero-order chi connectivity index (χ0) is 20.5. The number of hydrogen-bond donors (Lipinski definition) is 2. The second kappa shape index (κ2) is 12.0. The molecule has 0 saturated carbocycles. The predicted molar refractivity (Wildman–Crippen MR) is 116 cm³/mol. The highest BCUT2D eigenvalue weighted by Gasteiger charge is 2.35. The Morgan fingerprint density at radius 2 is 2.04 bits per heavy atom. The van der Waals surface area contributed by atoms with E-state index in [4.69, 9.17) is 20.2 Å². The fourth-order valence-electron chi connectivity index (χ4n) is 3.88. The summed E-state index contributed by atoms with van der Waals surface area (Å²) in [7, 11) is 3.49. The molecule has 1 fully saturated rings. The molecule has 0 amide bonds. The molecule has 3 atom stereocenters. The zero-order valence-corrected chi connectivity index (χ0v) is 18.7. The predicted octanol–water partition coefficient (Wildman–Crippen LogP) is 1.96. The third-order valence-electron chi connectivity index (χ3n) is 5.73. The second-order valence-corrected chi connectivity index (χ2v) is 9.06. The van der Waals surface area contributed by atoms with Crippen LogP contribution < -0.4 is 11.1 Å². The van der Waals surface area contributed by atoms with Crippen molar-refractivity contribution < 1.29 is 14.0 Å². The standard InChI is InChI=1S/C20H38N4O3S/c1-5-15(9-13-26-3)22-17(6-2)19-18(10-14-28(19)25)23-20(21)24-11-7-16(27-4)8-12-24/h15-17,22H,5-14H2,1-4H3,(H2,21,23). The van der Waals surface area contributed by atoms with Crippen LogP contribution in [0.2, 0.25) is 0 Å². The highest BCUT2D eigenvalue weighted by molar-refractivity contribution is 7.95. The van der Waals surface area contributed by atoms with Crippen molar-refractivity contribution in [2.45, 2.75) is 70.6 Å². The highest BCUT2D eigenvalue weighted by atomic mass is 32.2. The topological polar surface area (TPSA) is 95.2 Å². The number of ether oxygens (including phenoxy) is 2. The monoisotopic (exact) mass is 414 g/mol. The summed E-state index contributed by atoms with van der Waals surface area (Å²) in [6, 6.07) is 0.404. The molecule has 0 spiro atoms. The minimum atomic E-state index is -0.989. The van der Waals surface area contributed by atoms with Crippen LogP contribution in [0.25, 0.3) is 0 Å². The lowest BCUT2D eigenvalue weighted by Gasteiger charge is -2.32. The molecule has 3 N–H and O–H groups in total. The Morgan fingerprint density at radius 1 is 1.32 bits per heavy atom. The quantitative estimate of drug-likeness (QED) is 0.322. The van der Waals surface area contributed by atoms with Gasteiger partial charge in [0, 0.05) is 46.4 Å². The molecule has 0 aliphatic carbocycles. The molecular weight excluding hydrogens is 376 g/mol. The first-order valence-electron chi connectivity index (χ1n) is 10.5. The summed E-state index contributed by atoms with van der Waals surface area (Å²) in [6.45, 7) is 6.72. The molecule has 1 saturated heterocycles. The molecule has 2 aliphatic rings. The molecule has 0 aromatic carbocycles. The van der Waals surface area contributed by atoms with E-state index in [2.05, 4.69) is 24.1 Å². The van der Waals surface area contributed by atoms with Gasteiger partial charge in [-0.3, -0.25) is 0 Å². The van der Waals surface area contributed by atoms with Gasteiger partial charge in [-0.25, -0.2) is 4.99 Å². The average molecular weight is 415 g/mol. The van der Waals surface area contributed by atoms with E-state index in [0.29, 0.717) is 23.9 Å². The van der Waals surface area contributed by atoms with Gasteiger partial charge in [0.25, 0.3) is 0 Å². The fourth-order valence-corrected chi connectivity index (χ4v) is 5.44. The Kier molecular flexibility index (Phi) is 10.1. The molecule has 3 unspecified atom stereocenters. The minimum absolute atomic E-state index is 0.0657. The highest BCUT2D eigenvalue weighted by Crippen LogP contribution is 2.31. The summed E-state index contributed by atoms with van der Waals surface area (Å²) in [4.78, 5) is 7.80. The smallest absolute Gasteiger partial charge is 0.196 e. The van der Waals surface area contributed by atoms with Gasteiger partial charge in [-0.1, -0.05) is 13.8 Å². The average Bonchev–Trinajstić information content (AvgIpc) is 3.08. The number of nitrogens with two attached hydrogens (primary N) is 1. The maximum absolute atomic E-state index is 12.8. The van der Waals surface area contributed by atoms with Gasteiger partial charge in [0.05, 0.1) is 12.1 Å². The van der Waals surface area contributed by atoms with Gasteiger partial charge in [-0.2, -0.15) is 0 Å². The van der Waals surface area contributed by atoms with E-state index in [-0.39, 0.29) is 6.04 Å². The third-order valence-corrected chi connectivity index (χ3v) is 7.31. The van der Waals surface area contributed by atoms with Crippen LogP contribution in [-0.4, -0.2) is 73.3 Å². The van der Waals surface area contributed by atoms with Crippen LogP contribution >= 0.6 is 0 Å². The summed E-state index contributed by atoms with van der Waals surface area (Å²) < 4.78 is 23.4. The molecule has 0 radical (unpaired) electrons. The molecule has 2 heterocycles. The number of aliphatic imine (C=N–C) groups is 1. The van der Waals surface area contributed by atoms with E-state index in [0.717, 1.165) is 68.8 Å². The lowest BCUT2D eigenvalue weighted by Crippen LogP contribution is -2.44. The van der Waals surface area contributed by atoms with E-state index in [1.54, 1.807) is 14.2 Å². The summed E-state index contributed by atoms with van der Waals surface area (Å²) in [5, 5.41) is 3.69. The van der Waals surface area contributed by atoms with E-state index in [1.165, 1.54) is 0 Å². The molecule has 0 aromatic rings. The molecule has 2 rings (SSSR count). The Bertz CT molecular complexity index is 536. The first-order chi connectivity index (χ1) is 13.5. The zero-order valence-electron chi connectivity index (χ0n) is 17.9. The summed E-state index contributed by atoms with van der Waals surface area (Å²) in [6.07, 6.45) is 5.79. The summed E-state index contributed by atoms with van der Waals surface area (Å²) in [5.74, 6) is 1.18. The number of rotatable bonds is 10. The molecule has 8 heteroatoms. The van der Waals surface area contributed by atoms with Gasteiger partial charge in [0.2, 0.25) is 0 Å². The van der Waals surface area contributed by atoms with Crippen molar-refractivity contribution in [1.29, 1.82) is 0 Å². The van der Waals surface area contributed by atoms with Crippen LogP contribution in [0, 0.1) is 0 Å². The molecule has 162 valence electrons. The minimum Gasteiger partial charge on any atom is -0.612 e. The van der Waals surface area contributed by atoms with Crippen molar-refractivity contribution in [3.63, 3.8) is 0 Å². The molecule has 2 aliphatic heterocycles. The lowest BCUT2D eigenvalue weighted by molar-refractivity contribution is 0.0576. The van der Waals surface area contributed by atoms with Gasteiger partial charge >= 0.3 is 0 Å². The number of methoxy groups -OCH3 is 2. The largest absolute Gasteiger partial charge is 0.612 e. The number of guanidine groups is 1. The van der Waals surface area contributed by atoms with Crippen molar-refractivity contribution in [3.05, 3.63) is 10.6 Å². The van der Waals surface area contributed by atoms with Crippen molar-refractivity contribution >= 4 is 17.1 Å². The number of nitrogens with zero attached hydrogens (tertiary/aromatic N) is 2. The number of piperidine rings is 1. The summed E-state index contributed by atoms with van der Waals surface area (Å²) in [5.41, 5.74) is 7.23. The van der Waals surface area contributed by atoms with Gasteiger partial charge in [-0.05, 0) is 43.3 Å². The lowest BCUT2D eigenvalue weighted by atomic mass is 10.1. The maximum atomic E-state index is 12.8. The van der Waals surface area contributed by atoms with Crippen LogP contribution in [0.5, 0.6) is 0 Å². The number of likely N-dealkylation sites (tertiary alicyclic amines) is 1. The summed E-state index contributed by atoms with van der Waals surface area (Å²) >= 11 is -0.989. The maximum Gasteiger partial charge on any atom is 0.196 e. The normalized spacial score (nSPS) is 24.1. The van der Waals surface area contributed by atoms with E-state index >= 15 is 0 Å². The molecule has 7 nitrogen and oxygen atoms in total. The van der Waals surface area contributed by atoms with Crippen molar-refractivity contribution in [2.75, 3.05) is 39.7 Å². The van der Waals surface area contributed by atoms with Crippen LogP contribution in [0.1, 0.15) is 52.4 Å². The van der Waals surface area contributed by atoms with Gasteiger partial charge in [0.15, 0.2) is 10.9 Å². The van der Waals surface area contributed by atoms with Crippen LogP contribution in [0.4, 0.5) is 0 Å². The van der Waals surface area contributed by atoms with Crippen LogP contribution in [0.3, 0.4) is 0 Å². The van der Waals surface area contributed by atoms with E-state index < -0.39 is 11.2 Å². The molecule has 0 aromatic heterocycles. The number of hydrogen-bond acceptors (Lipinski definition) is 5. The number of nitrogens with one attached hydrogen (secondary N) is 1. The number of allylic oxidation sites excluding steroid dienone is 1. The van der Waals surface area contributed by atoms with Gasteiger partial charge in [-0.15, -0.1) is 0 Å². The van der Waals surface area contributed by atoms with E-state index in [9.17, 15) is 4.55 Å².